The quantitative estimate of drug-likeness (QED) is 0.822. The Morgan fingerprint density at radius 2 is 2.08 bits per heavy atom. The molecule has 1 fully saturated rings. The van der Waals surface area contributed by atoms with E-state index in [0.717, 1.165) is 29.7 Å². The minimum absolute atomic E-state index is 0.356. The summed E-state index contributed by atoms with van der Waals surface area (Å²) in [6.07, 6.45) is 6.02. The highest BCUT2D eigenvalue weighted by Gasteiger charge is 2.48. The van der Waals surface area contributed by atoms with Crippen molar-refractivity contribution in [2.75, 3.05) is 19.7 Å². The van der Waals surface area contributed by atoms with Crippen LogP contribution in [0.2, 0.25) is 0 Å². The average Bonchev–Trinajstić information content (AvgIpc) is 3.09. The van der Waals surface area contributed by atoms with Crippen molar-refractivity contribution in [3.63, 3.8) is 0 Å². The van der Waals surface area contributed by atoms with Crippen LogP contribution in [0.15, 0.2) is 41.7 Å². The lowest BCUT2D eigenvalue weighted by Gasteiger charge is -2.33. The van der Waals surface area contributed by atoms with Gasteiger partial charge in [-0.1, -0.05) is 25.5 Å². The van der Waals surface area contributed by atoms with Crippen LogP contribution in [0.3, 0.4) is 0 Å². The maximum Gasteiger partial charge on any atom is 0.243 e. The molecule has 1 saturated heterocycles. The third-order valence-corrected chi connectivity index (χ3v) is 7.20. The number of sulfonamides is 1. The minimum Gasteiger partial charge on any atom is -0.376 e. The molecule has 7 heteroatoms. The number of ether oxygens (including phenoxy) is 1. The standard InChI is InChI=1S/C19H23N3O3S/c1-2-3-15-4-6-17(7-5-15)26(23,24)22-9-8-19(12-22)13-25-11-16-10-20-14-21-18(16)19/h4-7,10,14H,2-3,8-9,11-13H2,1H3. The molecular weight excluding hydrogens is 350 g/mol. The van der Waals surface area contributed by atoms with Crippen LogP contribution in [0, 0.1) is 0 Å². The number of fused-ring (bicyclic) bond motifs is 2. The smallest absolute Gasteiger partial charge is 0.243 e. The molecule has 1 aromatic heterocycles. The fourth-order valence-electron chi connectivity index (χ4n) is 3.98. The lowest BCUT2D eigenvalue weighted by Crippen LogP contribution is -2.41. The summed E-state index contributed by atoms with van der Waals surface area (Å²) in [7, 11) is -3.51. The second kappa shape index (κ2) is 6.72. The van der Waals surface area contributed by atoms with Crippen LogP contribution in [0.1, 0.15) is 36.6 Å². The number of hydrogen-bond acceptors (Lipinski definition) is 5. The molecule has 1 spiro atoms. The van der Waals surface area contributed by atoms with E-state index in [1.54, 1.807) is 22.6 Å². The lowest BCUT2D eigenvalue weighted by atomic mass is 9.81. The third kappa shape index (κ3) is 2.94. The summed E-state index contributed by atoms with van der Waals surface area (Å²) in [5, 5.41) is 0. The van der Waals surface area contributed by atoms with E-state index < -0.39 is 10.0 Å². The summed E-state index contributed by atoms with van der Waals surface area (Å²) in [5.41, 5.74) is 2.69. The van der Waals surface area contributed by atoms with Crippen LogP contribution in [0.25, 0.3) is 0 Å². The van der Waals surface area contributed by atoms with Gasteiger partial charge in [-0.2, -0.15) is 4.31 Å². The largest absolute Gasteiger partial charge is 0.376 e. The monoisotopic (exact) mass is 373 g/mol. The molecule has 26 heavy (non-hydrogen) atoms. The molecule has 3 heterocycles. The zero-order valence-electron chi connectivity index (χ0n) is 14.9. The maximum absolute atomic E-state index is 13.1. The van der Waals surface area contributed by atoms with E-state index in [1.165, 1.54) is 6.33 Å². The van der Waals surface area contributed by atoms with Crippen molar-refractivity contribution in [1.29, 1.82) is 0 Å². The molecule has 1 unspecified atom stereocenters. The van der Waals surface area contributed by atoms with E-state index in [0.29, 0.717) is 37.6 Å². The second-order valence-corrected chi connectivity index (χ2v) is 9.09. The summed E-state index contributed by atoms with van der Waals surface area (Å²) >= 11 is 0. The first kappa shape index (κ1) is 17.6. The van der Waals surface area contributed by atoms with Gasteiger partial charge in [0.25, 0.3) is 0 Å². The molecule has 0 aliphatic carbocycles. The molecule has 1 atom stereocenters. The Morgan fingerprint density at radius 3 is 2.85 bits per heavy atom. The van der Waals surface area contributed by atoms with Crippen LogP contribution in [0.5, 0.6) is 0 Å². The predicted octanol–water partition coefficient (Wildman–Crippen LogP) is 2.29. The first-order valence-corrected chi connectivity index (χ1v) is 10.5. The Balaban J connectivity index is 1.61. The minimum atomic E-state index is -3.51. The van der Waals surface area contributed by atoms with Gasteiger partial charge in [-0.25, -0.2) is 18.4 Å². The lowest BCUT2D eigenvalue weighted by molar-refractivity contribution is 0.0530. The highest BCUT2D eigenvalue weighted by molar-refractivity contribution is 7.89. The van der Waals surface area contributed by atoms with E-state index in [4.69, 9.17) is 4.74 Å². The topological polar surface area (TPSA) is 72.4 Å². The van der Waals surface area contributed by atoms with Gasteiger partial charge in [0.1, 0.15) is 6.33 Å². The number of hydrogen-bond donors (Lipinski definition) is 0. The summed E-state index contributed by atoms with van der Waals surface area (Å²) < 4.78 is 33.5. The Bertz CT molecular complexity index is 899. The van der Waals surface area contributed by atoms with Crippen LogP contribution in [0.4, 0.5) is 0 Å². The molecule has 2 aromatic rings. The number of nitrogens with zero attached hydrogens (tertiary/aromatic N) is 3. The number of benzene rings is 1. The van der Waals surface area contributed by atoms with Crippen molar-refractivity contribution in [3.8, 4) is 0 Å². The van der Waals surface area contributed by atoms with Crippen molar-refractivity contribution in [2.24, 2.45) is 0 Å². The zero-order chi connectivity index (χ0) is 18.2. The van der Waals surface area contributed by atoms with E-state index >= 15 is 0 Å². The van der Waals surface area contributed by atoms with Crippen LogP contribution < -0.4 is 0 Å². The second-order valence-electron chi connectivity index (χ2n) is 7.15. The number of aryl methyl sites for hydroxylation is 1. The Labute approximate surface area is 154 Å². The SMILES string of the molecule is CCCc1ccc(S(=O)(=O)N2CCC3(COCc4cncnc43)C2)cc1. The fourth-order valence-corrected chi connectivity index (χ4v) is 5.51. The Hall–Kier alpha value is -1.83. The molecule has 4 rings (SSSR count). The van der Waals surface area contributed by atoms with Crippen molar-refractivity contribution >= 4 is 10.0 Å². The van der Waals surface area contributed by atoms with E-state index in [-0.39, 0.29) is 5.41 Å². The van der Waals surface area contributed by atoms with Crippen LogP contribution >= 0.6 is 0 Å². The third-order valence-electron chi connectivity index (χ3n) is 5.34. The Kier molecular flexibility index (Phi) is 4.54. The Morgan fingerprint density at radius 1 is 1.27 bits per heavy atom. The molecule has 6 nitrogen and oxygen atoms in total. The fraction of sp³-hybridized carbons (Fsp3) is 0.474. The van der Waals surface area contributed by atoms with Gasteiger partial charge < -0.3 is 4.74 Å². The van der Waals surface area contributed by atoms with Gasteiger partial charge in [-0.3, -0.25) is 0 Å². The van der Waals surface area contributed by atoms with Gasteiger partial charge in [0.05, 0.1) is 29.2 Å². The average molecular weight is 373 g/mol. The molecule has 2 aliphatic heterocycles. The molecule has 2 aliphatic rings. The summed E-state index contributed by atoms with van der Waals surface area (Å²) in [6, 6.07) is 7.26. The van der Waals surface area contributed by atoms with Crippen molar-refractivity contribution in [1.82, 2.24) is 14.3 Å². The van der Waals surface area contributed by atoms with Gasteiger partial charge in [0.15, 0.2) is 0 Å². The van der Waals surface area contributed by atoms with E-state index in [1.807, 2.05) is 12.1 Å². The van der Waals surface area contributed by atoms with Crippen molar-refractivity contribution in [2.45, 2.75) is 43.1 Å². The van der Waals surface area contributed by atoms with Crippen LogP contribution in [-0.4, -0.2) is 42.4 Å². The van der Waals surface area contributed by atoms with Crippen LogP contribution in [-0.2, 0) is 33.2 Å². The predicted molar refractivity (Wildman–Crippen MR) is 97.2 cm³/mol. The van der Waals surface area contributed by atoms with Gasteiger partial charge in [0, 0.05) is 24.8 Å². The maximum atomic E-state index is 13.1. The number of aromatic nitrogens is 2. The highest BCUT2D eigenvalue weighted by Crippen LogP contribution is 2.40. The van der Waals surface area contributed by atoms with Crippen molar-refractivity contribution < 1.29 is 13.2 Å². The van der Waals surface area contributed by atoms with E-state index in [9.17, 15) is 8.42 Å². The molecular formula is C19H23N3O3S. The van der Waals surface area contributed by atoms with Gasteiger partial charge in [-0.15, -0.1) is 0 Å². The summed E-state index contributed by atoms with van der Waals surface area (Å²) in [5.74, 6) is 0. The first-order chi connectivity index (χ1) is 12.5. The number of rotatable bonds is 4. The summed E-state index contributed by atoms with van der Waals surface area (Å²) in [4.78, 5) is 8.89. The van der Waals surface area contributed by atoms with Crippen molar-refractivity contribution in [3.05, 3.63) is 53.6 Å². The normalized spacial score (nSPS) is 23.3. The summed E-state index contributed by atoms with van der Waals surface area (Å²) in [6.45, 7) is 3.98. The molecule has 138 valence electrons. The molecule has 0 saturated carbocycles. The molecule has 1 aromatic carbocycles. The zero-order valence-corrected chi connectivity index (χ0v) is 15.7. The first-order valence-electron chi connectivity index (χ1n) is 9.01. The highest BCUT2D eigenvalue weighted by atomic mass is 32.2. The molecule has 0 bridgehead atoms. The molecule has 0 amide bonds. The molecule has 0 N–H and O–H groups in total. The molecule has 0 radical (unpaired) electrons. The van der Waals surface area contributed by atoms with Gasteiger partial charge in [-0.05, 0) is 30.5 Å². The van der Waals surface area contributed by atoms with Gasteiger partial charge in [0.2, 0.25) is 10.0 Å². The van der Waals surface area contributed by atoms with Gasteiger partial charge >= 0.3 is 0 Å². The van der Waals surface area contributed by atoms with E-state index in [2.05, 4.69) is 16.9 Å².